The van der Waals surface area contributed by atoms with Gasteiger partial charge in [0.05, 0.1) is 0 Å². The van der Waals surface area contributed by atoms with Gasteiger partial charge in [0, 0.05) is 31.4 Å². The van der Waals surface area contributed by atoms with E-state index in [1.165, 1.54) is 0 Å². The summed E-state index contributed by atoms with van der Waals surface area (Å²) in [5, 5.41) is 0.933. The van der Waals surface area contributed by atoms with Crippen LogP contribution in [0.25, 0.3) is 0 Å². The second-order valence-corrected chi connectivity index (χ2v) is 6.15. The summed E-state index contributed by atoms with van der Waals surface area (Å²) in [5.74, 6) is 0. The van der Waals surface area contributed by atoms with E-state index >= 15 is 0 Å². The number of hydrogen-bond acceptors (Lipinski definition) is 4. The molecule has 0 N–H and O–H groups in total. The van der Waals surface area contributed by atoms with E-state index in [2.05, 4.69) is 12.6 Å². The van der Waals surface area contributed by atoms with Crippen LogP contribution >= 0.6 is 12.6 Å². The van der Waals surface area contributed by atoms with Crippen molar-refractivity contribution in [3.8, 4) is 0 Å². The summed E-state index contributed by atoms with van der Waals surface area (Å²) in [6.07, 6.45) is 0. The van der Waals surface area contributed by atoms with Crippen LogP contribution in [-0.2, 0) is 13.3 Å². The standard InChI is InChI=1S/C9H14O3SSi.H4Si/c1-10-14(11-2,12-3)9-6-4-8(13)5-7-9;/h4-7,13H,1-3H3;1H4. The van der Waals surface area contributed by atoms with Crippen molar-refractivity contribution in [1.82, 2.24) is 0 Å². The zero-order valence-corrected chi connectivity index (χ0v) is 10.4. The highest BCUT2D eigenvalue weighted by molar-refractivity contribution is 7.80. The Bertz CT molecular complexity index is 280. The Morgan fingerprint density at radius 3 is 1.67 bits per heavy atom. The zero-order valence-electron chi connectivity index (χ0n) is 8.48. The Balaban J connectivity index is 0.00000196. The fourth-order valence-corrected chi connectivity index (χ4v) is 3.20. The molecule has 6 heteroatoms. The molecule has 0 spiro atoms. The Labute approximate surface area is 102 Å². The van der Waals surface area contributed by atoms with Crippen LogP contribution in [0, 0.1) is 0 Å². The number of thiol groups is 1. The van der Waals surface area contributed by atoms with Gasteiger partial charge in [-0.15, -0.1) is 12.6 Å². The first-order valence-corrected chi connectivity index (χ1v) is 6.30. The van der Waals surface area contributed by atoms with E-state index in [0.29, 0.717) is 0 Å². The van der Waals surface area contributed by atoms with Gasteiger partial charge in [-0.05, 0) is 23.1 Å². The number of hydrogen-bond donors (Lipinski definition) is 1. The summed E-state index contributed by atoms with van der Waals surface area (Å²) < 4.78 is 16.0. The third kappa shape index (κ3) is 3.17. The van der Waals surface area contributed by atoms with Gasteiger partial charge >= 0.3 is 8.80 Å². The minimum atomic E-state index is -2.65. The second-order valence-electron chi connectivity index (χ2n) is 2.72. The Morgan fingerprint density at radius 1 is 0.933 bits per heavy atom. The van der Waals surface area contributed by atoms with Crippen molar-refractivity contribution in [2.45, 2.75) is 4.90 Å². The van der Waals surface area contributed by atoms with Crippen molar-refractivity contribution in [2.75, 3.05) is 21.3 Å². The van der Waals surface area contributed by atoms with E-state index in [9.17, 15) is 0 Å². The van der Waals surface area contributed by atoms with Crippen molar-refractivity contribution in [1.29, 1.82) is 0 Å². The molecule has 0 saturated carbocycles. The van der Waals surface area contributed by atoms with E-state index in [1.807, 2.05) is 24.3 Å². The van der Waals surface area contributed by atoms with Gasteiger partial charge in [0.1, 0.15) is 0 Å². The second kappa shape index (κ2) is 6.46. The molecule has 0 aliphatic heterocycles. The topological polar surface area (TPSA) is 27.7 Å². The Morgan fingerprint density at radius 2 is 1.33 bits per heavy atom. The molecular formula is C9H18O3SSi2. The molecule has 1 rings (SSSR count). The summed E-state index contributed by atoms with van der Waals surface area (Å²) in [6, 6.07) is 7.59. The normalized spacial score (nSPS) is 10.9. The molecule has 0 radical (unpaired) electrons. The molecule has 0 fully saturated rings. The molecule has 0 unspecified atom stereocenters. The van der Waals surface area contributed by atoms with E-state index in [1.54, 1.807) is 21.3 Å². The van der Waals surface area contributed by atoms with Crippen molar-refractivity contribution in [3.63, 3.8) is 0 Å². The van der Waals surface area contributed by atoms with Gasteiger partial charge in [-0.3, -0.25) is 0 Å². The number of rotatable bonds is 4. The maximum atomic E-state index is 5.33. The van der Waals surface area contributed by atoms with Crippen LogP contribution in [-0.4, -0.2) is 41.1 Å². The Kier molecular flexibility index (Phi) is 6.41. The highest BCUT2D eigenvalue weighted by Crippen LogP contribution is 2.09. The largest absolute Gasteiger partial charge is 0.536 e. The van der Waals surface area contributed by atoms with Crippen LogP contribution in [0.15, 0.2) is 29.2 Å². The molecular weight excluding hydrogens is 244 g/mol. The smallest absolute Gasteiger partial charge is 0.373 e. The van der Waals surface area contributed by atoms with Gasteiger partial charge in [-0.25, -0.2) is 0 Å². The molecule has 0 heterocycles. The number of benzene rings is 1. The van der Waals surface area contributed by atoms with Crippen LogP contribution in [0.2, 0.25) is 0 Å². The van der Waals surface area contributed by atoms with Crippen LogP contribution in [0.1, 0.15) is 0 Å². The Hall–Kier alpha value is -0.116. The first-order chi connectivity index (χ1) is 6.68. The average Bonchev–Trinajstić information content (AvgIpc) is 2.24. The van der Waals surface area contributed by atoms with Gasteiger partial charge in [0.2, 0.25) is 0 Å². The summed E-state index contributed by atoms with van der Waals surface area (Å²) in [4.78, 5) is 0.903. The molecule has 1 aromatic rings. The van der Waals surface area contributed by atoms with Gasteiger partial charge < -0.3 is 13.3 Å². The van der Waals surface area contributed by atoms with Crippen LogP contribution < -0.4 is 5.19 Å². The zero-order chi connectivity index (χ0) is 10.6. The van der Waals surface area contributed by atoms with Crippen molar-refractivity contribution in [3.05, 3.63) is 24.3 Å². The van der Waals surface area contributed by atoms with Gasteiger partial charge in [-0.1, -0.05) is 12.1 Å². The van der Waals surface area contributed by atoms with E-state index in [-0.39, 0.29) is 11.0 Å². The molecule has 0 atom stereocenters. The maximum absolute atomic E-state index is 5.33. The molecule has 1 aromatic carbocycles. The van der Waals surface area contributed by atoms with Crippen molar-refractivity contribution >= 4 is 37.6 Å². The molecule has 0 aliphatic carbocycles. The minimum Gasteiger partial charge on any atom is -0.373 e. The monoisotopic (exact) mass is 262 g/mol. The minimum absolute atomic E-state index is 0. The van der Waals surface area contributed by atoms with E-state index in [4.69, 9.17) is 13.3 Å². The fourth-order valence-electron chi connectivity index (χ4n) is 1.27. The molecule has 15 heavy (non-hydrogen) atoms. The molecule has 3 nitrogen and oxygen atoms in total. The summed E-state index contributed by atoms with van der Waals surface area (Å²) >= 11 is 4.21. The molecule has 0 bridgehead atoms. The van der Waals surface area contributed by atoms with Crippen LogP contribution in [0.3, 0.4) is 0 Å². The maximum Gasteiger partial charge on any atom is 0.536 e. The third-order valence-electron chi connectivity index (χ3n) is 2.03. The lowest BCUT2D eigenvalue weighted by Crippen LogP contribution is -2.54. The lowest BCUT2D eigenvalue weighted by atomic mass is 10.4. The molecule has 0 aromatic heterocycles. The van der Waals surface area contributed by atoms with Crippen molar-refractivity contribution < 1.29 is 13.3 Å². The van der Waals surface area contributed by atoms with Crippen LogP contribution in [0.4, 0.5) is 0 Å². The molecule has 0 saturated heterocycles. The highest BCUT2D eigenvalue weighted by atomic mass is 32.1. The fraction of sp³-hybridized carbons (Fsp3) is 0.333. The first-order valence-electron chi connectivity index (χ1n) is 4.13. The summed E-state index contributed by atoms with van der Waals surface area (Å²) in [7, 11) is 2.12. The lowest BCUT2D eigenvalue weighted by Gasteiger charge is -2.24. The molecule has 0 amide bonds. The van der Waals surface area contributed by atoms with Crippen LogP contribution in [0.5, 0.6) is 0 Å². The first kappa shape index (κ1) is 14.9. The van der Waals surface area contributed by atoms with Gasteiger partial charge in [-0.2, -0.15) is 0 Å². The molecule has 86 valence electrons. The lowest BCUT2D eigenvalue weighted by molar-refractivity contribution is 0.140. The SMILES string of the molecule is CO[Si](OC)(OC)c1ccc(S)cc1.[SiH4]. The summed E-state index contributed by atoms with van der Waals surface area (Å²) in [5.41, 5.74) is 0. The highest BCUT2D eigenvalue weighted by Gasteiger charge is 2.40. The predicted molar refractivity (Wildman–Crippen MR) is 71.4 cm³/mol. The van der Waals surface area contributed by atoms with Crippen molar-refractivity contribution in [2.24, 2.45) is 0 Å². The average molecular weight is 262 g/mol. The molecule has 0 aliphatic rings. The van der Waals surface area contributed by atoms with E-state index < -0.39 is 8.80 Å². The summed E-state index contributed by atoms with van der Waals surface area (Å²) in [6.45, 7) is 0. The van der Waals surface area contributed by atoms with E-state index in [0.717, 1.165) is 10.1 Å². The quantitative estimate of drug-likeness (QED) is 0.592. The third-order valence-corrected chi connectivity index (χ3v) is 4.98. The van der Waals surface area contributed by atoms with Gasteiger partial charge in [0.25, 0.3) is 0 Å². The predicted octanol–water partition coefficient (Wildman–Crippen LogP) is -0.391. The van der Waals surface area contributed by atoms with Gasteiger partial charge in [0.15, 0.2) is 0 Å².